The first-order valence-electron chi connectivity index (χ1n) is 24.7. The summed E-state index contributed by atoms with van der Waals surface area (Å²) in [5, 5.41) is 29.7. The van der Waals surface area contributed by atoms with Crippen LogP contribution < -0.4 is 0 Å². The van der Waals surface area contributed by atoms with Crippen molar-refractivity contribution in [3.8, 4) is 112 Å². The quantitative estimate of drug-likeness (QED) is 0.151. The molecule has 2 heterocycles. The standard InChI is InChI=1S/C66H48N6/c1-39-35-53-49-31-19-17-29-47(49)37-55(53)57(41(39)3)51-33-34-52(65-59(43-21-9-5-10-22-43)63(67-71-69-65)45-25-13-7-14-26-45)62(61(51)58-42(4)40(2)36-54-50-32-20-18-30-48(50)38-56(54)58)66-60(44-23-11-6-12-24-44)64(68-72-70-66)46-27-15-8-16-28-46/h5-36H,37-38H2,1-4H3. The summed E-state index contributed by atoms with van der Waals surface area (Å²) in [6.45, 7) is 9.13. The molecule has 0 saturated heterocycles. The summed E-state index contributed by atoms with van der Waals surface area (Å²) in [6.07, 6.45) is 1.61. The Labute approximate surface area is 419 Å². The van der Waals surface area contributed by atoms with Crippen molar-refractivity contribution in [3.63, 3.8) is 0 Å². The van der Waals surface area contributed by atoms with Crippen LogP contribution in [0.25, 0.3) is 112 Å². The van der Waals surface area contributed by atoms with Crippen molar-refractivity contribution in [2.24, 2.45) is 0 Å². The monoisotopic (exact) mass is 924 g/mol. The Hall–Kier alpha value is -9.00. The van der Waals surface area contributed by atoms with Crippen molar-refractivity contribution in [1.29, 1.82) is 0 Å². The van der Waals surface area contributed by atoms with Gasteiger partial charge in [-0.3, -0.25) is 0 Å². The molecular weight excluding hydrogens is 877 g/mol. The Bertz CT molecular complexity index is 3940. The van der Waals surface area contributed by atoms with Crippen LogP contribution in [0.2, 0.25) is 0 Å². The fourth-order valence-electron chi connectivity index (χ4n) is 11.6. The van der Waals surface area contributed by atoms with Crippen LogP contribution in [-0.2, 0) is 12.8 Å². The molecule has 11 aromatic rings. The van der Waals surface area contributed by atoms with Crippen molar-refractivity contribution in [2.45, 2.75) is 40.5 Å². The topological polar surface area (TPSA) is 77.3 Å². The van der Waals surface area contributed by atoms with Gasteiger partial charge in [0.1, 0.15) is 22.8 Å². The second-order valence-electron chi connectivity index (χ2n) is 19.2. The van der Waals surface area contributed by atoms with Gasteiger partial charge in [-0.05, 0) is 146 Å². The molecule has 0 fully saturated rings. The van der Waals surface area contributed by atoms with Gasteiger partial charge in [0.25, 0.3) is 0 Å². The molecule has 6 nitrogen and oxygen atoms in total. The van der Waals surface area contributed by atoms with E-state index in [1.807, 2.05) is 24.3 Å². The van der Waals surface area contributed by atoms with Crippen molar-refractivity contribution in [2.75, 3.05) is 0 Å². The molecule has 0 N–H and O–H groups in total. The summed E-state index contributed by atoms with van der Waals surface area (Å²) in [5.41, 5.74) is 30.3. The Kier molecular flexibility index (Phi) is 10.4. The molecule has 2 aromatic heterocycles. The maximum absolute atomic E-state index is 5.31. The van der Waals surface area contributed by atoms with Gasteiger partial charge in [0.05, 0.1) is 0 Å². The normalized spacial score (nSPS) is 12.1. The van der Waals surface area contributed by atoms with E-state index in [4.69, 9.17) is 25.6 Å². The summed E-state index contributed by atoms with van der Waals surface area (Å²) in [6, 6.07) is 69.0. The molecule has 0 amide bonds. The van der Waals surface area contributed by atoms with E-state index in [2.05, 4.69) is 203 Å². The van der Waals surface area contributed by atoms with Crippen LogP contribution in [0.4, 0.5) is 0 Å². The maximum atomic E-state index is 5.31. The number of aromatic nitrogens is 6. The zero-order valence-corrected chi connectivity index (χ0v) is 40.6. The average Bonchev–Trinajstić information content (AvgIpc) is 3.99. The maximum Gasteiger partial charge on any atom is 0.106 e. The van der Waals surface area contributed by atoms with E-state index >= 15 is 0 Å². The first-order chi connectivity index (χ1) is 35.4. The minimum absolute atomic E-state index is 0.695. The van der Waals surface area contributed by atoms with E-state index in [0.29, 0.717) is 11.4 Å². The fraction of sp³-hybridized carbons (Fsp3) is 0.0909. The molecule has 72 heavy (non-hydrogen) atoms. The van der Waals surface area contributed by atoms with Crippen molar-refractivity contribution in [1.82, 2.24) is 30.8 Å². The van der Waals surface area contributed by atoms with Crippen molar-refractivity contribution < 1.29 is 0 Å². The molecule has 0 spiro atoms. The first-order valence-corrected chi connectivity index (χ1v) is 24.7. The van der Waals surface area contributed by atoms with E-state index in [-0.39, 0.29) is 0 Å². The Balaban J connectivity index is 1.27. The number of rotatable bonds is 8. The molecule has 6 heteroatoms. The lowest BCUT2D eigenvalue weighted by atomic mass is 9.76. The third-order valence-electron chi connectivity index (χ3n) is 15.2. The average molecular weight is 925 g/mol. The molecule has 0 saturated carbocycles. The number of benzene rings is 9. The summed E-state index contributed by atoms with van der Waals surface area (Å²) in [4.78, 5) is 0. The lowest BCUT2D eigenvalue weighted by Gasteiger charge is -2.27. The van der Waals surface area contributed by atoms with Crippen LogP contribution in [0.3, 0.4) is 0 Å². The van der Waals surface area contributed by atoms with Gasteiger partial charge in [-0.15, -0.1) is 20.4 Å². The van der Waals surface area contributed by atoms with Crippen LogP contribution >= 0.6 is 0 Å². The molecular formula is C66H48N6. The molecule has 0 aliphatic heterocycles. The number of fused-ring (bicyclic) bond motifs is 6. The molecule has 0 bridgehead atoms. The molecule has 9 aromatic carbocycles. The Morgan fingerprint density at radius 3 is 1.18 bits per heavy atom. The molecule has 2 aliphatic carbocycles. The lowest BCUT2D eigenvalue weighted by molar-refractivity contribution is 0.874. The zero-order valence-electron chi connectivity index (χ0n) is 40.6. The van der Waals surface area contributed by atoms with Crippen LogP contribution in [0, 0.1) is 27.7 Å². The molecule has 13 rings (SSSR count). The SMILES string of the molecule is Cc1cc2c(c(-c3ccc(-c4nnnc(-c5ccccc5)c4-c4ccccc4)c(-c4nnnc(-c5ccccc5)c4-c4ccccc4)c3-c3c(C)c(C)cc4c3Cc3ccccc3-4)c1C)Cc1ccccc1-2. The number of aryl methyl sites for hydroxylation is 2. The van der Waals surface area contributed by atoms with Gasteiger partial charge in [-0.25, -0.2) is 0 Å². The second kappa shape index (κ2) is 17.4. The van der Waals surface area contributed by atoms with E-state index in [1.165, 1.54) is 77.9 Å². The minimum Gasteiger partial charge on any atom is -0.129 e. The second-order valence-corrected chi connectivity index (χ2v) is 19.2. The molecule has 0 unspecified atom stereocenters. The van der Waals surface area contributed by atoms with E-state index in [0.717, 1.165) is 79.9 Å². The van der Waals surface area contributed by atoms with Gasteiger partial charge >= 0.3 is 0 Å². The summed E-state index contributed by atoms with van der Waals surface area (Å²) in [5.74, 6) is 0. The highest BCUT2D eigenvalue weighted by molar-refractivity contribution is 6.10. The summed E-state index contributed by atoms with van der Waals surface area (Å²) >= 11 is 0. The minimum atomic E-state index is 0.695. The third kappa shape index (κ3) is 6.93. The predicted octanol–water partition coefficient (Wildman–Crippen LogP) is 15.8. The predicted molar refractivity (Wildman–Crippen MR) is 292 cm³/mol. The van der Waals surface area contributed by atoms with Gasteiger partial charge in [0, 0.05) is 38.9 Å². The molecule has 2 aliphatic rings. The van der Waals surface area contributed by atoms with Gasteiger partial charge in [-0.2, -0.15) is 0 Å². The smallest absolute Gasteiger partial charge is 0.106 e. The Morgan fingerprint density at radius 1 is 0.278 bits per heavy atom. The lowest BCUT2D eigenvalue weighted by Crippen LogP contribution is -2.08. The number of hydrogen-bond donors (Lipinski definition) is 0. The third-order valence-corrected chi connectivity index (χ3v) is 15.2. The van der Waals surface area contributed by atoms with E-state index < -0.39 is 0 Å². The van der Waals surface area contributed by atoms with Crippen molar-refractivity contribution in [3.05, 3.63) is 239 Å². The zero-order chi connectivity index (χ0) is 48.5. The number of nitrogens with zero attached hydrogens (tertiary/aromatic N) is 6. The fourth-order valence-corrected chi connectivity index (χ4v) is 11.6. The highest BCUT2D eigenvalue weighted by Crippen LogP contribution is 2.56. The molecule has 0 atom stereocenters. The molecule has 0 radical (unpaired) electrons. The largest absolute Gasteiger partial charge is 0.129 e. The molecule has 342 valence electrons. The summed E-state index contributed by atoms with van der Waals surface area (Å²) < 4.78 is 0. The van der Waals surface area contributed by atoms with Crippen LogP contribution in [-0.4, -0.2) is 30.8 Å². The van der Waals surface area contributed by atoms with Crippen molar-refractivity contribution >= 4 is 0 Å². The summed E-state index contributed by atoms with van der Waals surface area (Å²) in [7, 11) is 0. The van der Waals surface area contributed by atoms with Crippen LogP contribution in [0.15, 0.2) is 194 Å². The van der Waals surface area contributed by atoms with Crippen LogP contribution in [0.1, 0.15) is 44.5 Å². The number of hydrogen-bond acceptors (Lipinski definition) is 6. The van der Waals surface area contributed by atoms with Gasteiger partial charge in [0.15, 0.2) is 0 Å². The highest BCUT2D eigenvalue weighted by Gasteiger charge is 2.35. The van der Waals surface area contributed by atoms with E-state index in [1.54, 1.807) is 0 Å². The van der Waals surface area contributed by atoms with Crippen LogP contribution in [0.5, 0.6) is 0 Å². The van der Waals surface area contributed by atoms with Gasteiger partial charge < -0.3 is 0 Å². The Morgan fingerprint density at radius 2 is 0.667 bits per heavy atom. The highest BCUT2D eigenvalue weighted by atomic mass is 15.3. The first kappa shape index (κ1) is 43.1. The van der Waals surface area contributed by atoms with Gasteiger partial charge in [0.2, 0.25) is 0 Å². The van der Waals surface area contributed by atoms with E-state index in [9.17, 15) is 0 Å². The van der Waals surface area contributed by atoms with Gasteiger partial charge in [-0.1, -0.05) is 194 Å².